The third kappa shape index (κ3) is 2.82. The molecule has 1 atom stereocenters. The van der Waals surface area contributed by atoms with Crippen molar-refractivity contribution in [3.05, 3.63) is 75.7 Å². The van der Waals surface area contributed by atoms with Crippen molar-refractivity contribution in [3.63, 3.8) is 0 Å². The Kier molecular flexibility index (Phi) is 4.28. The third-order valence-corrected chi connectivity index (χ3v) is 5.35. The maximum atomic E-state index is 12.7. The van der Waals surface area contributed by atoms with Gasteiger partial charge in [-0.25, -0.2) is 4.79 Å². The summed E-state index contributed by atoms with van der Waals surface area (Å²) in [6, 6.07) is 14.6. The number of carboxylic acids is 1. The number of hydrogen-bond donors (Lipinski definition) is 1. The van der Waals surface area contributed by atoms with Crippen molar-refractivity contribution in [2.24, 2.45) is 0 Å². The van der Waals surface area contributed by atoms with Crippen LogP contribution in [0, 0.1) is 0 Å². The molecular formula is C21H17NO4S. The van der Waals surface area contributed by atoms with E-state index in [-0.39, 0.29) is 12.0 Å². The van der Waals surface area contributed by atoms with Crippen LogP contribution in [0.4, 0.5) is 0 Å². The van der Waals surface area contributed by atoms with Crippen LogP contribution in [0.1, 0.15) is 29.3 Å². The van der Waals surface area contributed by atoms with Gasteiger partial charge in [0.15, 0.2) is 0 Å². The third-order valence-electron chi connectivity index (χ3n) is 4.99. The lowest BCUT2D eigenvalue weighted by Gasteiger charge is -2.16. The number of benzene rings is 2. The van der Waals surface area contributed by atoms with Crippen LogP contribution in [-0.2, 0) is 11.2 Å². The monoisotopic (exact) mass is 379 g/mol. The molecule has 136 valence electrons. The number of pyridine rings is 1. The summed E-state index contributed by atoms with van der Waals surface area (Å²) >= 11 is 5.38. The van der Waals surface area contributed by atoms with Gasteiger partial charge in [-0.05, 0) is 16.3 Å². The molecule has 2 aromatic carbocycles. The second-order valence-electron chi connectivity index (χ2n) is 6.56. The van der Waals surface area contributed by atoms with E-state index in [1.54, 1.807) is 0 Å². The molecule has 0 radical (unpaired) electrons. The predicted octanol–water partition coefficient (Wildman–Crippen LogP) is 3.35. The van der Waals surface area contributed by atoms with Crippen LogP contribution in [0.25, 0.3) is 10.8 Å². The average Bonchev–Trinajstić information content (AvgIpc) is 3.01. The number of carboxylic acid groups (broad SMARTS) is 1. The molecule has 1 aliphatic heterocycles. The summed E-state index contributed by atoms with van der Waals surface area (Å²) in [4.78, 5) is 24.7. The highest BCUT2D eigenvalue weighted by molar-refractivity contribution is 7.80. The summed E-state index contributed by atoms with van der Waals surface area (Å²) in [6.45, 7) is 0. The average molecular weight is 379 g/mol. The van der Waals surface area contributed by atoms with E-state index in [2.05, 4.69) is 0 Å². The van der Waals surface area contributed by atoms with Gasteiger partial charge in [-0.15, -0.1) is 0 Å². The number of carbonyl (C=O) groups is 1. The maximum absolute atomic E-state index is 12.7. The van der Waals surface area contributed by atoms with Gasteiger partial charge in [0.25, 0.3) is 5.56 Å². The molecule has 0 saturated heterocycles. The molecule has 1 aromatic heterocycles. The summed E-state index contributed by atoms with van der Waals surface area (Å²) < 4.78 is 6.83. The Morgan fingerprint density at radius 1 is 1.22 bits per heavy atom. The number of aliphatic carboxylic acids is 1. The summed E-state index contributed by atoms with van der Waals surface area (Å²) in [6.07, 6.45) is 0.627. The van der Waals surface area contributed by atoms with E-state index in [9.17, 15) is 14.7 Å². The number of rotatable bonds is 4. The first kappa shape index (κ1) is 17.4. The minimum absolute atomic E-state index is 0.133. The van der Waals surface area contributed by atoms with Crippen LogP contribution < -0.4 is 10.3 Å². The number of aromatic nitrogens is 1. The van der Waals surface area contributed by atoms with Crippen molar-refractivity contribution in [3.8, 4) is 5.75 Å². The fourth-order valence-corrected chi connectivity index (χ4v) is 4.15. The zero-order chi connectivity index (χ0) is 19.1. The number of fused-ring (bicyclic) bond motifs is 2. The Morgan fingerprint density at radius 3 is 2.70 bits per heavy atom. The Hall–Kier alpha value is -2.99. The summed E-state index contributed by atoms with van der Waals surface area (Å²) in [5, 5.41) is 11.7. The normalized spacial score (nSPS) is 15.7. The van der Waals surface area contributed by atoms with E-state index >= 15 is 0 Å². The van der Waals surface area contributed by atoms with Gasteiger partial charge in [0.1, 0.15) is 17.5 Å². The minimum atomic E-state index is -1.07. The highest BCUT2D eigenvalue weighted by Gasteiger charge is 2.36. The molecule has 0 unspecified atom stereocenters. The van der Waals surface area contributed by atoms with Gasteiger partial charge >= 0.3 is 5.97 Å². The summed E-state index contributed by atoms with van der Waals surface area (Å²) in [5.74, 6) is -0.585. The molecule has 2 heterocycles. The van der Waals surface area contributed by atoms with E-state index in [1.807, 2.05) is 42.5 Å². The quantitative estimate of drug-likeness (QED) is 0.704. The molecule has 0 spiro atoms. The van der Waals surface area contributed by atoms with Crippen LogP contribution in [0.3, 0.4) is 0 Å². The van der Waals surface area contributed by atoms with E-state index in [0.717, 1.165) is 16.3 Å². The minimum Gasteiger partial charge on any atom is -0.494 e. The van der Waals surface area contributed by atoms with Crippen molar-refractivity contribution in [1.82, 2.24) is 4.57 Å². The standard InChI is InChI=1S/C21H17NO4S/c1-26-20-14(9-13-7-4-6-12-5-2-3-8-15(12)13)10-18(23)22-16(21(24)25)11-17(27)19(20)22/h2-8,10,16H,9,11H2,1H3,(H,24,25)/t16-/m1/s1. The number of hydrogen-bond acceptors (Lipinski definition) is 4. The molecule has 1 aliphatic rings. The molecule has 0 fully saturated rings. The van der Waals surface area contributed by atoms with E-state index in [1.165, 1.54) is 17.7 Å². The SMILES string of the molecule is COc1c(Cc2cccc3ccccc23)cc(=O)n2c1C(=S)C[C@@H]2C(=O)O. The van der Waals surface area contributed by atoms with Gasteiger partial charge in [-0.2, -0.15) is 0 Å². The lowest BCUT2D eigenvalue weighted by Crippen LogP contribution is -2.28. The number of ether oxygens (including phenoxy) is 1. The fourth-order valence-electron chi connectivity index (χ4n) is 3.80. The van der Waals surface area contributed by atoms with Gasteiger partial charge < -0.3 is 9.84 Å². The second-order valence-corrected chi connectivity index (χ2v) is 7.05. The Morgan fingerprint density at radius 2 is 1.96 bits per heavy atom. The van der Waals surface area contributed by atoms with Gasteiger partial charge in [-0.1, -0.05) is 54.7 Å². The number of nitrogens with zero attached hydrogens (tertiary/aromatic N) is 1. The maximum Gasteiger partial charge on any atom is 0.327 e. The zero-order valence-electron chi connectivity index (χ0n) is 14.6. The van der Waals surface area contributed by atoms with Gasteiger partial charge in [0.05, 0.1) is 7.11 Å². The Bertz CT molecular complexity index is 1140. The van der Waals surface area contributed by atoms with Gasteiger partial charge in [0.2, 0.25) is 0 Å². The lowest BCUT2D eigenvalue weighted by atomic mass is 9.98. The van der Waals surface area contributed by atoms with Crippen LogP contribution >= 0.6 is 12.2 Å². The van der Waals surface area contributed by atoms with E-state index in [4.69, 9.17) is 17.0 Å². The second kappa shape index (κ2) is 6.63. The molecule has 0 amide bonds. The van der Waals surface area contributed by atoms with Crippen molar-refractivity contribution in [2.45, 2.75) is 18.9 Å². The van der Waals surface area contributed by atoms with Crippen molar-refractivity contribution in [1.29, 1.82) is 0 Å². The Labute approximate surface area is 160 Å². The molecule has 0 saturated carbocycles. The summed E-state index contributed by atoms with van der Waals surface area (Å²) in [5.41, 5.74) is 1.82. The van der Waals surface area contributed by atoms with Crippen LogP contribution in [-0.4, -0.2) is 27.6 Å². The highest BCUT2D eigenvalue weighted by atomic mass is 32.1. The first-order valence-corrected chi connectivity index (χ1v) is 8.97. The van der Waals surface area contributed by atoms with Crippen LogP contribution in [0.5, 0.6) is 5.75 Å². The number of thiocarbonyl (C=S) groups is 1. The fraction of sp³-hybridized carbons (Fsp3) is 0.190. The largest absolute Gasteiger partial charge is 0.494 e. The van der Waals surface area contributed by atoms with E-state index in [0.29, 0.717) is 28.3 Å². The summed E-state index contributed by atoms with van der Waals surface area (Å²) in [7, 11) is 1.52. The molecule has 0 aliphatic carbocycles. The van der Waals surface area contributed by atoms with Gasteiger partial charge in [-0.3, -0.25) is 9.36 Å². The Balaban J connectivity index is 1.89. The lowest BCUT2D eigenvalue weighted by molar-refractivity contribution is -0.140. The van der Waals surface area contributed by atoms with Crippen LogP contribution in [0.2, 0.25) is 0 Å². The molecular weight excluding hydrogens is 362 g/mol. The molecule has 0 bridgehead atoms. The molecule has 27 heavy (non-hydrogen) atoms. The topological polar surface area (TPSA) is 68.5 Å². The van der Waals surface area contributed by atoms with Crippen LogP contribution in [0.15, 0.2) is 53.3 Å². The van der Waals surface area contributed by atoms with E-state index < -0.39 is 12.0 Å². The molecule has 1 N–H and O–H groups in total. The predicted molar refractivity (Wildman–Crippen MR) is 107 cm³/mol. The molecule has 3 aromatic rings. The van der Waals surface area contributed by atoms with Crippen molar-refractivity contribution >= 4 is 33.8 Å². The zero-order valence-corrected chi connectivity index (χ0v) is 15.5. The number of methoxy groups -OCH3 is 1. The highest BCUT2D eigenvalue weighted by Crippen LogP contribution is 2.35. The van der Waals surface area contributed by atoms with Crippen molar-refractivity contribution < 1.29 is 14.6 Å². The molecule has 6 heteroatoms. The first-order chi connectivity index (χ1) is 13.0. The van der Waals surface area contributed by atoms with Gasteiger partial charge in [0, 0.05) is 29.3 Å². The smallest absolute Gasteiger partial charge is 0.327 e. The van der Waals surface area contributed by atoms with Crippen molar-refractivity contribution in [2.75, 3.05) is 7.11 Å². The molecule has 4 rings (SSSR count). The first-order valence-electron chi connectivity index (χ1n) is 8.56. The molecule has 5 nitrogen and oxygen atoms in total.